The minimum absolute atomic E-state index is 0.136. The first-order valence-electron chi connectivity index (χ1n) is 7.47. The van der Waals surface area contributed by atoms with Gasteiger partial charge in [-0.3, -0.25) is 0 Å². The highest BCUT2D eigenvalue weighted by Crippen LogP contribution is 2.35. The molecule has 0 spiro atoms. The zero-order chi connectivity index (χ0) is 13.9. The lowest BCUT2D eigenvalue weighted by atomic mass is 9.73. The van der Waals surface area contributed by atoms with Gasteiger partial charge in [-0.15, -0.1) is 0 Å². The van der Waals surface area contributed by atoms with Gasteiger partial charge in [0, 0.05) is 6.04 Å². The fourth-order valence-corrected chi connectivity index (χ4v) is 3.19. The maximum absolute atomic E-state index is 13.0. The van der Waals surface area contributed by atoms with Gasteiger partial charge in [-0.05, 0) is 61.4 Å². The van der Waals surface area contributed by atoms with E-state index >= 15 is 0 Å². The van der Waals surface area contributed by atoms with E-state index in [0.717, 1.165) is 18.5 Å². The fourth-order valence-electron chi connectivity index (χ4n) is 3.19. The van der Waals surface area contributed by atoms with Gasteiger partial charge in [0.1, 0.15) is 5.82 Å². The van der Waals surface area contributed by atoms with Crippen molar-refractivity contribution in [3.63, 3.8) is 0 Å². The molecule has 1 aliphatic carbocycles. The molecule has 2 heteroatoms. The summed E-state index contributed by atoms with van der Waals surface area (Å²) < 4.78 is 13.0. The Kier molecular flexibility index (Phi) is 4.62. The molecule has 106 valence electrons. The van der Waals surface area contributed by atoms with Gasteiger partial charge < -0.3 is 5.32 Å². The van der Waals surface area contributed by atoms with E-state index in [-0.39, 0.29) is 5.82 Å². The van der Waals surface area contributed by atoms with Crippen LogP contribution < -0.4 is 5.32 Å². The first-order valence-corrected chi connectivity index (χ1v) is 7.47. The van der Waals surface area contributed by atoms with Gasteiger partial charge in [-0.25, -0.2) is 4.39 Å². The predicted molar refractivity (Wildman–Crippen MR) is 78.9 cm³/mol. The van der Waals surface area contributed by atoms with Crippen molar-refractivity contribution in [2.24, 2.45) is 5.41 Å². The van der Waals surface area contributed by atoms with E-state index in [4.69, 9.17) is 0 Å². The summed E-state index contributed by atoms with van der Waals surface area (Å²) in [5, 5.41) is 3.71. The molecule has 1 unspecified atom stereocenters. The molecular formula is C17H26FN. The molecule has 0 heterocycles. The molecule has 0 saturated heterocycles. The van der Waals surface area contributed by atoms with Crippen LogP contribution in [0.1, 0.15) is 50.7 Å². The lowest BCUT2D eigenvalue weighted by molar-refractivity contribution is 0.169. The quantitative estimate of drug-likeness (QED) is 0.857. The third-order valence-corrected chi connectivity index (χ3v) is 4.60. The Bertz CT molecular complexity index is 425. The van der Waals surface area contributed by atoms with E-state index in [1.165, 1.54) is 31.2 Å². The number of hydrogen-bond acceptors (Lipinski definition) is 1. The van der Waals surface area contributed by atoms with Crippen LogP contribution in [-0.4, -0.2) is 12.6 Å². The van der Waals surface area contributed by atoms with Crippen molar-refractivity contribution in [1.82, 2.24) is 5.32 Å². The van der Waals surface area contributed by atoms with Gasteiger partial charge in [-0.1, -0.05) is 32.8 Å². The largest absolute Gasteiger partial charge is 0.313 e. The molecule has 0 aliphatic heterocycles. The summed E-state index contributed by atoms with van der Waals surface area (Å²) in [7, 11) is 0. The summed E-state index contributed by atoms with van der Waals surface area (Å²) in [5.41, 5.74) is 2.73. The molecule has 0 amide bonds. The molecule has 1 atom stereocenters. The second-order valence-corrected chi connectivity index (χ2v) is 6.56. The molecule has 1 N–H and O–H groups in total. The predicted octanol–water partition coefficient (Wildman–Crippen LogP) is 4.24. The Morgan fingerprint density at radius 2 is 2.11 bits per heavy atom. The van der Waals surface area contributed by atoms with Crippen molar-refractivity contribution in [2.75, 3.05) is 6.54 Å². The highest BCUT2D eigenvalue weighted by molar-refractivity contribution is 5.26. The summed E-state index contributed by atoms with van der Waals surface area (Å²) in [6.07, 6.45) is 6.30. The molecule has 0 bridgehead atoms. The third-order valence-electron chi connectivity index (χ3n) is 4.60. The Labute approximate surface area is 116 Å². The number of aryl methyl sites for hydroxylation is 1. The normalized spacial score (nSPS) is 22.4. The number of halogens is 1. The summed E-state index contributed by atoms with van der Waals surface area (Å²) in [5.74, 6) is -0.136. The van der Waals surface area contributed by atoms with Crippen molar-refractivity contribution < 1.29 is 4.39 Å². The Morgan fingerprint density at radius 1 is 1.32 bits per heavy atom. The molecule has 0 aromatic heterocycles. The van der Waals surface area contributed by atoms with Gasteiger partial charge in [0.15, 0.2) is 0 Å². The number of nitrogens with one attached hydrogen (secondary N) is 1. The molecule has 1 aromatic rings. The number of rotatable bonds is 4. The van der Waals surface area contributed by atoms with Crippen LogP contribution in [0.4, 0.5) is 4.39 Å². The van der Waals surface area contributed by atoms with Crippen LogP contribution >= 0.6 is 0 Å². The van der Waals surface area contributed by atoms with Crippen LogP contribution in [0.5, 0.6) is 0 Å². The van der Waals surface area contributed by atoms with Crippen LogP contribution in [0.25, 0.3) is 0 Å². The SMILES string of the molecule is Cc1cc(F)ccc1CCNC1CCCCC1(C)C. The molecule has 2 rings (SSSR count). The molecule has 1 nitrogen and oxygen atoms in total. The van der Waals surface area contributed by atoms with Gasteiger partial charge in [0.2, 0.25) is 0 Å². The topological polar surface area (TPSA) is 12.0 Å². The first-order chi connectivity index (χ1) is 8.99. The summed E-state index contributed by atoms with van der Waals surface area (Å²) in [4.78, 5) is 0. The second kappa shape index (κ2) is 6.04. The van der Waals surface area contributed by atoms with E-state index in [1.54, 1.807) is 12.1 Å². The molecule has 19 heavy (non-hydrogen) atoms. The third kappa shape index (κ3) is 3.79. The number of benzene rings is 1. The van der Waals surface area contributed by atoms with Crippen molar-refractivity contribution >= 4 is 0 Å². The van der Waals surface area contributed by atoms with Gasteiger partial charge in [-0.2, -0.15) is 0 Å². The van der Waals surface area contributed by atoms with Crippen LogP contribution in [-0.2, 0) is 6.42 Å². The number of hydrogen-bond donors (Lipinski definition) is 1. The molecular weight excluding hydrogens is 237 g/mol. The first kappa shape index (κ1) is 14.5. The van der Waals surface area contributed by atoms with Gasteiger partial charge >= 0.3 is 0 Å². The van der Waals surface area contributed by atoms with Gasteiger partial charge in [0.05, 0.1) is 0 Å². The lowest BCUT2D eigenvalue weighted by Crippen LogP contribution is -2.44. The minimum Gasteiger partial charge on any atom is -0.313 e. The summed E-state index contributed by atoms with van der Waals surface area (Å²) in [6.45, 7) is 7.71. The van der Waals surface area contributed by atoms with E-state index in [2.05, 4.69) is 19.2 Å². The second-order valence-electron chi connectivity index (χ2n) is 6.56. The summed E-state index contributed by atoms with van der Waals surface area (Å²) in [6, 6.07) is 5.73. The molecule has 1 aromatic carbocycles. The van der Waals surface area contributed by atoms with Crippen LogP contribution in [0.2, 0.25) is 0 Å². The molecule has 1 aliphatic rings. The fraction of sp³-hybridized carbons (Fsp3) is 0.647. The van der Waals surface area contributed by atoms with E-state index in [9.17, 15) is 4.39 Å². The average molecular weight is 263 g/mol. The van der Waals surface area contributed by atoms with Gasteiger partial charge in [0.25, 0.3) is 0 Å². The smallest absolute Gasteiger partial charge is 0.123 e. The average Bonchev–Trinajstić information content (AvgIpc) is 2.33. The highest BCUT2D eigenvalue weighted by atomic mass is 19.1. The Morgan fingerprint density at radius 3 is 2.79 bits per heavy atom. The minimum atomic E-state index is -0.136. The van der Waals surface area contributed by atoms with Crippen molar-refractivity contribution in [1.29, 1.82) is 0 Å². The van der Waals surface area contributed by atoms with Crippen molar-refractivity contribution in [3.05, 3.63) is 35.1 Å². The monoisotopic (exact) mass is 263 g/mol. The Balaban J connectivity index is 1.86. The summed E-state index contributed by atoms with van der Waals surface area (Å²) >= 11 is 0. The van der Waals surface area contributed by atoms with E-state index in [1.807, 2.05) is 13.0 Å². The maximum atomic E-state index is 13.0. The van der Waals surface area contributed by atoms with Crippen molar-refractivity contribution in [3.8, 4) is 0 Å². The van der Waals surface area contributed by atoms with E-state index in [0.29, 0.717) is 11.5 Å². The van der Waals surface area contributed by atoms with Crippen LogP contribution in [0.3, 0.4) is 0 Å². The van der Waals surface area contributed by atoms with E-state index < -0.39 is 0 Å². The standard InChI is InChI=1S/C17H26FN/c1-13-12-15(18)8-7-14(13)9-11-19-16-6-4-5-10-17(16,2)3/h7-8,12,16,19H,4-6,9-11H2,1-3H3. The zero-order valence-electron chi connectivity index (χ0n) is 12.4. The lowest BCUT2D eigenvalue weighted by Gasteiger charge is -2.39. The highest BCUT2D eigenvalue weighted by Gasteiger charge is 2.31. The van der Waals surface area contributed by atoms with Crippen LogP contribution in [0.15, 0.2) is 18.2 Å². The molecule has 1 saturated carbocycles. The molecule has 1 fully saturated rings. The maximum Gasteiger partial charge on any atom is 0.123 e. The Hall–Kier alpha value is -0.890. The molecule has 0 radical (unpaired) electrons. The van der Waals surface area contributed by atoms with Crippen LogP contribution in [0, 0.1) is 18.2 Å². The zero-order valence-corrected chi connectivity index (χ0v) is 12.4. The van der Waals surface area contributed by atoms with Crippen molar-refractivity contribution in [2.45, 2.75) is 58.9 Å².